The van der Waals surface area contributed by atoms with Gasteiger partial charge in [-0.2, -0.15) is 47.9 Å². The Morgan fingerprint density at radius 1 is 0.655 bits per heavy atom. The van der Waals surface area contributed by atoms with E-state index < -0.39 is 39.1 Å². The van der Waals surface area contributed by atoms with E-state index in [1.165, 1.54) is 36.4 Å². The molecule has 3 nitrogen and oxygen atoms in total. The van der Waals surface area contributed by atoms with Crippen LogP contribution < -0.4 is 4.18 Å². The van der Waals surface area contributed by atoms with E-state index in [9.17, 15) is 47.9 Å². The predicted octanol–water partition coefficient (Wildman–Crippen LogP) is 5.49. The van der Waals surface area contributed by atoms with E-state index in [1.807, 2.05) is 0 Å². The molecule has 29 heavy (non-hydrogen) atoms. The molecule has 0 radical (unpaired) electrons. The van der Waals surface area contributed by atoms with Crippen LogP contribution in [0.2, 0.25) is 0 Å². The molecule has 0 saturated heterocycles. The summed E-state index contributed by atoms with van der Waals surface area (Å²) in [5.41, 5.74) is -0.0626. The fourth-order valence-corrected chi connectivity index (χ4v) is 3.01. The third-order valence-electron chi connectivity index (χ3n) is 3.60. The summed E-state index contributed by atoms with van der Waals surface area (Å²) in [5.74, 6) is -15.7. The van der Waals surface area contributed by atoms with Gasteiger partial charge in [-0.25, -0.2) is 0 Å². The molecule has 13 heteroatoms. The molecule has 0 aliphatic rings. The van der Waals surface area contributed by atoms with Crippen molar-refractivity contribution in [3.8, 4) is 16.9 Å². The SMILES string of the molecule is O=S(=O)(Oc1ccccc1-c1ccccc1)C(F)(F)C(F)(F)C(F)(F)C(F)(F)F. The Kier molecular flexibility index (Phi) is 5.60. The molecule has 0 bridgehead atoms. The zero-order valence-electron chi connectivity index (χ0n) is 13.7. The molecule has 0 unspecified atom stereocenters. The Bertz CT molecular complexity index is 971. The van der Waals surface area contributed by atoms with E-state index in [4.69, 9.17) is 0 Å². The molecule has 160 valence electrons. The van der Waals surface area contributed by atoms with Gasteiger partial charge in [-0.15, -0.1) is 0 Å². The molecule has 0 heterocycles. The summed E-state index contributed by atoms with van der Waals surface area (Å²) in [6.45, 7) is 0. The zero-order valence-corrected chi connectivity index (χ0v) is 14.5. The van der Waals surface area contributed by atoms with Crippen LogP contribution in [-0.4, -0.2) is 31.7 Å². The van der Waals surface area contributed by atoms with E-state index in [2.05, 4.69) is 4.18 Å². The molecule has 0 spiro atoms. The van der Waals surface area contributed by atoms with Crippen LogP contribution in [0.3, 0.4) is 0 Å². The van der Waals surface area contributed by atoms with Crippen molar-refractivity contribution < 1.29 is 52.1 Å². The van der Waals surface area contributed by atoms with Gasteiger partial charge in [-0.05, 0) is 11.6 Å². The maximum atomic E-state index is 13.8. The molecule has 2 aromatic carbocycles. The molecule has 0 aliphatic carbocycles. The summed E-state index contributed by atoms with van der Waals surface area (Å²) in [5, 5.41) is -6.93. The zero-order chi connectivity index (χ0) is 22.3. The van der Waals surface area contributed by atoms with E-state index in [0.29, 0.717) is 0 Å². The summed E-state index contributed by atoms with van der Waals surface area (Å²) in [4.78, 5) is 0. The smallest absolute Gasteiger partial charge is 0.377 e. The predicted molar refractivity (Wildman–Crippen MR) is 82.3 cm³/mol. The first-order valence-corrected chi connectivity index (χ1v) is 8.76. The van der Waals surface area contributed by atoms with Crippen molar-refractivity contribution >= 4 is 10.1 Å². The Hall–Kier alpha value is -2.44. The molecule has 0 atom stereocenters. The lowest BCUT2D eigenvalue weighted by molar-refractivity contribution is -0.382. The minimum atomic E-state index is -7.36. The van der Waals surface area contributed by atoms with Crippen molar-refractivity contribution in [2.24, 2.45) is 0 Å². The first kappa shape index (κ1) is 22.8. The molecule has 0 amide bonds. The van der Waals surface area contributed by atoms with Gasteiger partial charge in [0.1, 0.15) is 0 Å². The maximum Gasteiger partial charge on any atom is 0.460 e. The number of hydrogen-bond acceptors (Lipinski definition) is 3. The Labute approximate surface area is 157 Å². The minimum Gasteiger partial charge on any atom is -0.377 e. The highest BCUT2D eigenvalue weighted by Gasteiger charge is 2.86. The number of halogens is 9. The Morgan fingerprint density at radius 2 is 1.14 bits per heavy atom. The summed E-state index contributed by atoms with van der Waals surface area (Å²) in [6, 6.07) is 11.3. The van der Waals surface area contributed by atoms with Crippen molar-refractivity contribution in [2.75, 3.05) is 0 Å². The number of benzene rings is 2. The summed E-state index contributed by atoms with van der Waals surface area (Å²) < 4.78 is 144. The first-order valence-electron chi connectivity index (χ1n) is 7.35. The van der Waals surface area contributed by atoms with Crippen LogP contribution in [0.5, 0.6) is 5.75 Å². The molecular formula is C16H9F9O3S. The molecule has 2 rings (SSSR count). The lowest BCUT2D eigenvalue weighted by Gasteiger charge is -2.32. The van der Waals surface area contributed by atoms with Crippen LogP contribution >= 0.6 is 0 Å². The van der Waals surface area contributed by atoms with Crippen molar-refractivity contribution in [3.05, 3.63) is 54.6 Å². The summed E-state index contributed by atoms with van der Waals surface area (Å²) in [6.07, 6.45) is -7.16. The molecule has 0 saturated carbocycles. The topological polar surface area (TPSA) is 43.4 Å². The fourth-order valence-electron chi connectivity index (χ4n) is 2.08. The molecule has 0 N–H and O–H groups in total. The van der Waals surface area contributed by atoms with Gasteiger partial charge >= 0.3 is 33.4 Å². The molecular weight excluding hydrogens is 443 g/mol. The van der Waals surface area contributed by atoms with Gasteiger partial charge in [0.2, 0.25) is 0 Å². The second-order valence-electron chi connectivity index (χ2n) is 5.56. The highest BCUT2D eigenvalue weighted by molar-refractivity contribution is 7.88. The van der Waals surface area contributed by atoms with E-state index >= 15 is 0 Å². The van der Waals surface area contributed by atoms with Crippen molar-refractivity contribution in [1.29, 1.82) is 0 Å². The average molecular weight is 452 g/mol. The van der Waals surface area contributed by atoms with E-state index in [0.717, 1.165) is 18.2 Å². The number of hydrogen-bond donors (Lipinski definition) is 0. The third-order valence-corrected chi connectivity index (χ3v) is 4.88. The van der Waals surface area contributed by atoms with Crippen molar-refractivity contribution in [3.63, 3.8) is 0 Å². The van der Waals surface area contributed by atoms with Crippen molar-refractivity contribution in [2.45, 2.75) is 23.3 Å². The summed E-state index contributed by atoms with van der Waals surface area (Å²) in [7, 11) is -7.01. The molecule has 0 aliphatic heterocycles. The second-order valence-corrected chi connectivity index (χ2v) is 7.15. The van der Waals surface area contributed by atoms with Gasteiger partial charge in [0, 0.05) is 5.56 Å². The van der Waals surface area contributed by atoms with Crippen molar-refractivity contribution in [1.82, 2.24) is 0 Å². The van der Waals surface area contributed by atoms with Gasteiger partial charge < -0.3 is 4.18 Å². The normalized spacial score (nSPS) is 14.0. The molecule has 0 fully saturated rings. The number of para-hydroxylation sites is 1. The van der Waals surface area contributed by atoms with Crippen LogP contribution in [0.4, 0.5) is 39.5 Å². The Morgan fingerprint density at radius 3 is 1.66 bits per heavy atom. The monoisotopic (exact) mass is 452 g/mol. The number of alkyl halides is 9. The fraction of sp³-hybridized carbons (Fsp3) is 0.250. The summed E-state index contributed by atoms with van der Waals surface area (Å²) >= 11 is 0. The molecule has 0 aromatic heterocycles. The molecule has 2 aromatic rings. The van der Waals surface area contributed by atoms with Crippen LogP contribution in [-0.2, 0) is 10.1 Å². The largest absolute Gasteiger partial charge is 0.460 e. The van der Waals surface area contributed by atoms with Crippen LogP contribution in [0.1, 0.15) is 0 Å². The lowest BCUT2D eigenvalue weighted by atomic mass is 10.1. The van der Waals surface area contributed by atoms with Crippen LogP contribution in [0.15, 0.2) is 54.6 Å². The van der Waals surface area contributed by atoms with Gasteiger partial charge in [0.05, 0.1) is 0 Å². The van der Waals surface area contributed by atoms with Crippen LogP contribution in [0, 0.1) is 0 Å². The lowest BCUT2D eigenvalue weighted by Crippen LogP contribution is -2.63. The first-order chi connectivity index (χ1) is 13.1. The third kappa shape index (κ3) is 3.74. The Balaban J connectivity index is 2.52. The van der Waals surface area contributed by atoms with E-state index in [1.54, 1.807) is 0 Å². The highest BCUT2D eigenvalue weighted by Crippen LogP contribution is 2.55. The quantitative estimate of drug-likeness (QED) is 0.430. The second kappa shape index (κ2) is 7.11. The van der Waals surface area contributed by atoms with Gasteiger partial charge in [-0.3, -0.25) is 0 Å². The van der Waals surface area contributed by atoms with E-state index in [-0.39, 0.29) is 11.1 Å². The highest BCUT2D eigenvalue weighted by atomic mass is 32.2. The standard InChI is InChI=1S/C16H9F9O3S/c17-13(18,15(21,22)23)14(19,20)16(24,25)29(26,27)28-12-9-5-4-8-11(12)10-6-2-1-3-7-10/h1-9H. The van der Waals surface area contributed by atoms with Gasteiger partial charge in [0.25, 0.3) is 0 Å². The minimum absolute atomic E-state index is 0.161. The van der Waals surface area contributed by atoms with Gasteiger partial charge in [0.15, 0.2) is 5.75 Å². The maximum absolute atomic E-state index is 13.8. The average Bonchev–Trinajstić information content (AvgIpc) is 2.61. The van der Waals surface area contributed by atoms with Gasteiger partial charge in [-0.1, -0.05) is 48.5 Å². The number of rotatable bonds is 6. The van der Waals surface area contributed by atoms with Crippen LogP contribution in [0.25, 0.3) is 11.1 Å².